The third-order valence-electron chi connectivity index (χ3n) is 3.19. The topological polar surface area (TPSA) is 29.9 Å². The number of benzene rings is 1. The van der Waals surface area contributed by atoms with E-state index in [9.17, 15) is 4.39 Å². The second kappa shape index (κ2) is 5.97. The Morgan fingerprint density at radius 1 is 1.32 bits per heavy atom. The van der Waals surface area contributed by atoms with Crippen LogP contribution in [0.1, 0.15) is 38.1 Å². The van der Waals surface area contributed by atoms with Crippen LogP contribution in [0.2, 0.25) is 0 Å². The van der Waals surface area contributed by atoms with Crippen LogP contribution < -0.4 is 5.32 Å². The molecule has 0 amide bonds. The fourth-order valence-corrected chi connectivity index (χ4v) is 2.05. The van der Waals surface area contributed by atoms with Crippen molar-refractivity contribution in [2.24, 2.45) is 0 Å². The third kappa shape index (κ3) is 3.41. The van der Waals surface area contributed by atoms with Crippen molar-refractivity contribution in [3.63, 3.8) is 0 Å². The molecule has 0 fully saturated rings. The zero-order chi connectivity index (χ0) is 13.8. The van der Waals surface area contributed by atoms with E-state index in [0.717, 1.165) is 17.8 Å². The van der Waals surface area contributed by atoms with Crippen LogP contribution in [0.4, 0.5) is 4.39 Å². The molecule has 0 bridgehead atoms. The molecular formula is C15H20FN3. The first kappa shape index (κ1) is 13.7. The first-order chi connectivity index (χ1) is 9.08. The molecule has 1 aromatic heterocycles. The highest BCUT2D eigenvalue weighted by Crippen LogP contribution is 2.20. The summed E-state index contributed by atoms with van der Waals surface area (Å²) in [7, 11) is 0. The van der Waals surface area contributed by atoms with Crippen molar-refractivity contribution in [1.82, 2.24) is 14.9 Å². The summed E-state index contributed by atoms with van der Waals surface area (Å²) in [6.07, 6.45) is 3.65. The SMILES string of the molecule is CC(C)NCc1cncn1C(C)c1cccc(F)c1. The van der Waals surface area contributed by atoms with E-state index in [-0.39, 0.29) is 11.9 Å². The Kier molecular flexibility index (Phi) is 4.32. The maximum Gasteiger partial charge on any atom is 0.123 e. The molecule has 1 heterocycles. The normalized spacial score (nSPS) is 12.9. The average molecular weight is 261 g/mol. The number of halogens is 1. The quantitative estimate of drug-likeness (QED) is 0.896. The molecule has 19 heavy (non-hydrogen) atoms. The van der Waals surface area contributed by atoms with Crippen LogP contribution in [-0.4, -0.2) is 15.6 Å². The minimum Gasteiger partial charge on any atom is -0.326 e. The zero-order valence-electron chi connectivity index (χ0n) is 11.6. The summed E-state index contributed by atoms with van der Waals surface area (Å²) in [5.74, 6) is -0.202. The van der Waals surface area contributed by atoms with Crippen LogP contribution in [0.5, 0.6) is 0 Å². The van der Waals surface area contributed by atoms with Gasteiger partial charge in [-0.15, -0.1) is 0 Å². The van der Waals surface area contributed by atoms with Gasteiger partial charge < -0.3 is 9.88 Å². The summed E-state index contributed by atoms with van der Waals surface area (Å²) in [6, 6.07) is 7.21. The molecule has 2 rings (SSSR count). The predicted octanol–water partition coefficient (Wildman–Crippen LogP) is 3.13. The number of hydrogen-bond donors (Lipinski definition) is 1. The van der Waals surface area contributed by atoms with Crippen molar-refractivity contribution in [2.75, 3.05) is 0 Å². The Balaban J connectivity index is 2.19. The Bertz CT molecular complexity index is 534. The fourth-order valence-electron chi connectivity index (χ4n) is 2.05. The molecule has 0 aliphatic rings. The van der Waals surface area contributed by atoms with Gasteiger partial charge in [0.2, 0.25) is 0 Å². The average Bonchev–Trinajstić information content (AvgIpc) is 2.83. The standard InChI is InChI=1S/C15H20FN3/c1-11(2)18-9-15-8-17-10-19(15)12(3)13-5-4-6-14(16)7-13/h4-8,10-12,18H,9H2,1-3H3. The van der Waals surface area contributed by atoms with Crippen molar-refractivity contribution in [2.45, 2.75) is 39.4 Å². The number of nitrogens with one attached hydrogen (secondary N) is 1. The molecule has 1 unspecified atom stereocenters. The van der Waals surface area contributed by atoms with Crippen LogP contribution in [0, 0.1) is 5.82 Å². The Morgan fingerprint density at radius 3 is 2.79 bits per heavy atom. The van der Waals surface area contributed by atoms with E-state index in [0.29, 0.717) is 6.04 Å². The van der Waals surface area contributed by atoms with Crippen LogP contribution in [-0.2, 0) is 6.54 Å². The number of hydrogen-bond acceptors (Lipinski definition) is 2. The summed E-state index contributed by atoms with van der Waals surface area (Å²) in [5, 5.41) is 3.37. The van der Waals surface area contributed by atoms with Gasteiger partial charge in [-0.3, -0.25) is 0 Å². The largest absolute Gasteiger partial charge is 0.326 e. The van der Waals surface area contributed by atoms with E-state index in [2.05, 4.69) is 35.6 Å². The van der Waals surface area contributed by atoms with Crippen molar-refractivity contribution in [3.8, 4) is 0 Å². The number of rotatable bonds is 5. The van der Waals surface area contributed by atoms with Gasteiger partial charge in [-0.1, -0.05) is 26.0 Å². The summed E-state index contributed by atoms with van der Waals surface area (Å²) in [6.45, 7) is 7.03. The lowest BCUT2D eigenvalue weighted by Crippen LogP contribution is -2.24. The highest BCUT2D eigenvalue weighted by atomic mass is 19.1. The first-order valence-corrected chi connectivity index (χ1v) is 6.57. The van der Waals surface area contributed by atoms with Gasteiger partial charge >= 0.3 is 0 Å². The Morgan fingerprint density at radius 2 is 2.11 bits per heavy atom. The molecule has 0 aliphatic heterocycles. The lowest BCUT2D eigenvalue weighted by atomic mass is 10.1. The summed E-state index contributed by atoms with van der Waals surface area (Å²) >= 11 is 0. The van der Waals surface area contributed by atoms with Crippen LogP contribution in [0.3, 0.4) is 0 Å². The molecule has 0 saturated heterocycles. The van der Waals surface area contributed by atoms with E-state index < -0.39 is 0 Å². The van der Waals surface area contributed by atoms with Gasteiger partial charge in [-0.25, -0.2) is 9.37 Å². The Hall–Kier alpha value is -1.68. The third-order valence-corrected chi connectivity index (χ3v) is 3.19. The number of nitrogens with zero attached hydrogens (tertiary/aromatic N) is 2. The molecule has 0 radical (unpaired) electrons. The summed E-state index contributed by atoms with van der Waals surface area (Å²) in [5.41, 5.74) is 2.05. The Labute approximate surface area is 113 Å². The van der Waals surface area contributed by atoms with Crippen LogP contribution in [0.25, 0.3) is 0 Å². The number of aromatic nitrogens is 2. The smallest absolute Gasteiger partial charge is 0.123 e. The van der Waals surface area contributed by atoms with Gasteiger partial charge in [0, 0.05) is 18.8 Å². The van der Waals surface area contributed by atoms with E-state index >= 15 is 0 Å². The first-order valence-electron chi connectivity index (χ1n) is 6.57. The van der Waals surface area contributed by atoms with Crippen molar-refractivity contribution in [1.29, 1.82) is 0 Å². The molecule has 1 atom stereocenters. The van der Waals surface area contributed by atoms with E-state index in [1.165, 1.54) is 6.07 Å². The van der Waals surface area contributed by atoms with Gasteiger partial charge in [-0.05, 0) is 24.6 Å². The highest BCUT2D eigenvalue weighted by molar-refractivity contribution is 5.21. The van der Waals surface area contributed by atoms with E-state index in [4.69, 9.17) is 0 Å². The second-order valence-corrected chi connectivity index (χ2v) is 5.06. The molecule has 2 aromatic rings. The van der Waals surface area contributed by atoms with Gasteiger partial charge in [0.15, 0.2) is 0 Å². The molecule has 1 aromatic carbocycles. The summed E-state index contributed by atoms with van der Waals surface area (Å²) < 4.78 is 15.4. The van der Waals surface area contributed by atoms with Gasteiger partial charge in [-0.2, -0.15) is 0 Å². The molecule has 102 valence electrons. The van der Waals surface area contributed by atoms with E-state index in [1.807, 2.05) is 12.3 Å². The predicted molar refractivity (Wildman–Crippen MR) is 74.4 cm³/mol. The number of imidazole rings is 1. The molecule has 4 heteroatoms. The lowest BCUT2D eigenvalue weighted by Gasteiger charge is -2.18. The molecule has 0 spiro atoms. The molecule has 0 saturated carbocycles. The van der Waals surface area contributed by atoms with Crippen molar-refractivity contribution in [3.05, 3.63) is 53.9 Å². The fraction of sp³-hybridized carbons (Fsp3) is 0.400. The highest BCUT2D eigenvalue weighted by Gasteiger charge is 2.12. The second-order valence-electron chi connectivity index (χ2n) is 5.06. The van der Waals surface area contributed by atoms with Gasteiger partial charge in [0.25, 0.3) is 0 Å². The molecular weight excluding hydrogens is 241 g/mol. The monoisotopic (exact) mass is 261 g/mol. The lowest BCUT2D eigenvalue weighted by molar-refractivity contribution is 0.537. The molecule has 0 aliphatic carbocycles. The van der Waals surface area contributed by atoms with Crippen molar-refractivity contribution >= 4 is 0 Å². The van der Waals surface area contributed by atoms with Crippen LogP contribution >= 0.6 is 0 Å². The molecule has 1 N–H and O–H groups in total. The van der Waals surface area contributed by atoms with Crippen LogP contribution in [0.15, 0.2) is 36.8 Å². The maximum absolute atomic E-state index is 13.3. The summed E-state index contributed by atoms with van der Waals surface area (Å²) in [4.78, 5) is 4.20. The molecule has 3 nitrogen and oxygen atoms in total. The van der Waals surface area contributed by atoms with E-state index in [1.54, 1.807) is 18.5 Å². The van der Waals surface area contributed by atoms with Gasteiger partial charge in [0.1, 0.15) is 5.82 Å². The maximum atomic E-state index is 13.3. The zero-order valence-corrected chi connectivity index (χ0v) is 11.6. The minimum atomic E-state index is -0.202. The minimum absolute atomic E-state index is 0.0714. The van der Waals surface area contributed by atoms with Crippen molar-refractivity contribution < 1.29 is 4.39 Å². The van der Waals surface area contributed by atoms with Gasteiger partial charge in [0.05, 0.1) is 18.1 Å².